The van der Waals surface area contributed by atoms with Crippen LogP contribution in [0.25, 0.3) is 87.7 Å². The Kier molecular flexibility index (Phi) is 5.64. The highest BCUT2D eigenvalue weighted by molar-refractivity contribution is 6.25. The van der Waals surface area contributed by atoms with Gasteiger partial charge in [-0.05, 0) is 106 Å². The molecule has 0 amide bonds. The highest BCUT2D eigenvalue weighted by Gasteiger charge is 2.38. The van der Waals surface area contributed by atoms with E-state index in [1.165, 1.54) is 78.4 Å². The molecular formula is C48H38N2O. The van der Waals surface area contributed by atoms with Crippen molar-refractivity contribution in [3.63, 3.8) is 0 Å². The van der Waals surface area contributed by atoms with Crippen LogP contribution in [0, 0.1) is 0 Å². The molecule has 1 aliphatic carbocycles. The van der Waals surface area contributed by atoms with E-state index in [4.69, 9.17) is 4.42 Å². The van der Waals surface area contributed by atoms with E-state index in [1.54, 1.807) is 0 Å². The van der Waals surface area contributed by atoms with Gasteiger partial charge in [0.25, 0.3) is 0 Å². The molecule has 7 aromatic carbocycles. The lowest BCUT2D eigenvalue weighted by molar-refractivity contribution is 0.332. The molecule has 51 heavy (non-hydrogen) atoms. The summed E-state index contributed by atoms with van der Waals surface area (Å²) in [5, 5.41) is 10.0. The van der Waals surface area contributed by atoms with E-state index < -0.39 is 0 Å². The third kappa shape index (κ3) is 3.95. The van der Waals surface area contributed by atoms with Gasteiger partial charge in [0, 0.05) is 49.8 Å². The molecule has 246 valence electrons. The monoisotopic (exact) mass is 658 g/mol. The molecule has 0 radical (unpaired) electrons. The number of benzene rings is 7. The maximum Gasteiger partial charge on any atom is 0.137 e. The summed E-state index contributed by atoms with van der Waals surface area (Å²) < 4.78 is 11.4. The lowest BCUT2D eigenvalue weighted by Gasteiger charge is -2.42. The zero-order valence-electron chi connectivity index (χ0n) is 29.4. The largest absolute Gasteiger partial charge is 0.456 e. The molecule has 3 aromatic heterocycles. The third-order valence-electron chi connectivity index (χ3n) is 12.1. The second-order valence-electron chi connectivity index (χ2n) is 16.0. The Balaban J connectivity index is 1.33. The van der Waals surface area contributed by atoms with Gasteiger partial charge in [0.2, 0.25) is 0 Å². The van der Waals surface area contributed by atoms with Crippen LogP contribution in [0.2, 0.25) is 0 Å². The molecule has 0 atom stereocenters. The predicted octanol–water partition coefficient (Wildman–Crippen LogP) is 13.3. The number of nitrogens with zero attached hydrogens (tertiary/aromatic N) is 2. The molecule has 0 aliphatic heterocycles. The third-order valence-corrected chi connectivity index (χ3v) is 12.1. The number of hydrogen-bond donors (Lipinski definition) is 0. The summed E-state index contributed by atoms with van der Waals surface area (Å²) in [4.78, 5) is 0. The van der Waals surface area contributed by atoms with Crippen molar-refractivity contribution in [3.8, 4) is 11.4 Å². The number of fused-ring (bicyclic) bond motifs is 12. The summed E-state index contributed by atoms with van der Waals surface area (Å²) in [5.41, 5.74) is 12.1. The van der Waals surface area contributed by atoms with E-state index >= 15 is 0 Å². The maximum atomic E-state index is 6.48. The summed E-state index contributed by atoms with van der Waals surface area (Å²) >= 11 is 0. The molecule has 11 rings (SSSR count). The van der Waals surface area contributed by atoms with Gasteiger partial charge in [0.15, 0.2) is 0 Å². The molecule has 3 heteroatoms. The van der Waals surface area contributed by atoms with Crippen molar-refractivity contribution in [2.75, 3.05) is 0 Å². The van der Waals surface area contributed by atoms with Gasteiger partial charge in [-0.15, -0.1) is 0 Å². The molecule has 3 nitrogen and oxygen atoms in total. The predicted molar refractivity (Wildman–Crippen MR) is 215 cm³/mol. The second kappa shape index (κ2) is 9.92. The first-order valence-corrected chi connectivity index (χ1v) is 18.2. The highest BCUT2D eigenvalue weighted by Crippen LogP contribution is 2.49. The highest BCUT2D eigenvalue weighted by atomic mass is 16.3. The molecule has 0 spiro atoms. The Morgan fingerprint density at radius 1 is 0.431 bits per heavy atom. The Morgan fingerprint density at radius 2 is 1.06 bits per heavy atom. The SMILES string of the molecule is CC1(C)CCC(C)(C)c2cc3c(cc21)c1cc2c4c5ccccc5ccc4n(-c4ccccc4)c2cc1n3-c1ccc2c(c1)oc1ccccc12. The van der Waals surface area contributed by atoms with Gasteiger partial charge >= 0.3 is 0 Å². The van der Waals surface area contributed by atoms with E-state index in [0.717, 1.165) is 33.3 Å². The Labute approximate surface area is 296 Å². The fraction of sp³-hybridized carbons (Fsp3) is 0.167. The first kappa shape index (κ1) is 29.0. The Morgan fingerprint density at radius 3 is 1.88 bits per heavy atom. The lowest BCUT2D eigenvalue weighted by Crippen LogP contribution is -2.33. The van der Waals surface area contributed by atoms with Crippen molar-refractivity contribution < 1.29 is 4.42 Å². The van der Waals surface area contributed by atoms with Gasteiger partial charge in [-0.3, -0.25) is 0 Å². The van der Waals surface area contributed by atoms with Crippen LogP contribution < -0.4 is 0 Å². The first-order chi connectivity index (χ1) is 24.8. The molecule has 0 saturated heterocycles. The van der Waals surface area contributed by atoms with Gasteiger partial charge in [-0.1, -0.05) is 94.4 Å². The molecule has 0 fully saturated rings. The number of furan rings is 1. The summed E-state index contributed by atoms with van der Waals surface area (Å²) in [6, 6.07) is 49.3. The van der Waals surface area contributed by atoms with Gasteiger partial charge in [-0.25, -0.2) is 0 Å². The van der Waals surface area contributed by atoms with Crippen molar-refractivity contribution in [2.45, 2.75) is 51.4 Å². The van der Waals surface area contributed by atoms with Crippen LogP contribution in [0.3, 0.4) is 0 Å². The van der Waals surface area contributed by atoms with Gasteiger partial charge in [-0.2, -0.15) is 0 Å². The Bertz CT molecular complexity index is 3080. The van der Waals surface area contributed by atoms with Crippen molar-refractivity contribution in [3.05, 3.63) is 145 Å². The fourth-order valence-corrected chi connectivity index (χ4v) is 9.34. The zero-order chi connectivity index (χ0) is 34.2. The summed E-state index contributed by atoms with van der Waals surface area (Å²) in [6.07, 6.45) is 2.36. The number of para-hydroxylation sites is 2. The van der Waals surface area contributed by atoms with Crippen molar-refractivity contribution in [2.24, 2.45) is 0 Å². The quantitative estimate of drug-likeness (QED) is 0.181. The smallest absolute Gasteiger partial charge is 0.137 e. The molecule has 0 N–H and O–H groups in total. The van der Waals surface area contributed by atoms with Gasteiger partial charge in [0.1, 0.15) is 11.2 Å². The molecule has 1 aliphatic rings. The van der Waals surface area contributed by atoms with E-state index in [2.05, 4.69) is 164 Å². The normalized spacial score (nSPS) is 15.6. The molecule has 10 aromatic rings. The van der Waals surface area contributed by atoms with Gasteiger partial charge < -0.3 is 13.6 Å². The van der Waals surface area contributed by atoms with Crippen LogP contribution >= 0.6 is 0 Å². The standard InChI is InChI=1S/C48H38N2O/c1-47(2)22-23-48(3,4)39-27-41-36(26-38(39)47)35-25-37-43(28-42(35)50(41)31-19-20-34-33-16-10-11-17-44(33)51-45(34)24-31)49(30-13-6-5-7-14-30)40-21-18-29-12-8-9-15-32(29)46(37)40/h5-21,24-28H,22-23H2,1-4H3. The molecular weight excluding hydrogens is 621 g/mol. The minimum absolute atomic E-state index is 0.0900. The van der Waals surface area contributed by atoms with Crippen LogP contribution in [-0.4, -0.2) is 9.13 Å². The van der Waals surface area contributed by atoms with Gasteiger partial charge in [0.05, 0.1) is 22.1 Å². The van der Waals surface area contributed by atoms with Crippen molar-refractivity contribution >= 4 is 76.3 Å². The summed E-state index contributed by atoms with van der Waals surface area (Å²) in [5.74, 6) is 0. The average molecular weight is 659 g/mol. The lowest BCUT2D eigenvalue weighted by atomic mass is 9.63. The number of hydrogen-bond acceptors (Lipinski definition) is 1. The van der Waals surface area contributed by atoms with E-state index in [1.807, 2.05) is 6.07 Å². The topological polar surface area (TPSA) is 23.0 Å². The summed E-state index contributed by atoms with van der Waals surface area (Å²) in [6.45, 7) is 9.71. The minimum atomic E-state index is 0.0900. The summed E-state index contributed by atoms with van der Waals surface area (Å²) in [7, 11) is 0. The first-order valence-electron chi connectivity index (χ1n) is 18.2. The Hall–Kier alpha value is -5.80. The second-order valence-corrected chi connectivity index (χ2v) is 16.0. The van der Waals surface area contributed by atoms with Crippen molar-refractivity contribution in [1.82, 2.24) is 9.13 Å². The van der Waals surface area contributed by atoms with Crippen LogP contribution in [-0.2, 0) is 10.8 Å². The molecule has 0 saturated carbocycles. The van der Waals surface area contributed by atoms with Crippen LogP contribution in [0.5, 0.6) is 0 Å². The molecule has 0 bridgehead atoms. The van der Waals surface area contributed by atoms with Crippen LogP contribution in [0.4, 0.5) is 0 Å². The molecule has 0 unspecified atom stereocenters. The zero-order valence-corrected chi connectivity index (χ0v) is 29.4. The fourth-order valence-electron chi connectivity index (χ4n) is 9.34. The van der Waals surface area contributed by atoms with Crippen molar-refractivity contribution in [1.29, 1.82) is 0 Å². The van der Waals surface area contributed by atoms with E-state index in [0.29, 0.717) is 0 Å². The minimum Gasteiger partial charge on any atom is -0.456 e. The van der Waals surface area contributed by atoms with E-state index in [-0.39, 0.29) is 10.8 Å². The van der Waals surface area contributed by atoms with Crippen LogP contribution in [0.15, 0.2) is 138 Å². The number of aromatic nitrogens is 2. The molecule has 3 heterocycles. The van der Waals surface area contributed by atoms with Crippen LogP contribution in [0.1, 0.15) is 51.7 Å². The van der Waals surface area contributed by atoms with E-state index in [9.17, 15) is 0 Å². The average Bonchev–Trinajstić information content (AvgIpc) is 3.79. The maximum absolute atomic E-state index is 6.48. The number of rotatable bonds is 2.